The van der Waals surface area contributed by atoms with E-state index in [2.05, 4.69) is 32.7 Å². The van der Waals surface area contributed by atoms with Gasteiger partial charge in [0.1, 0.15) is 0 Å². The summed E-state index contributed by atoms with van der Waals surface area (Å²) in [6.07, 6.45) is 1.12. The molecule has 0 radical (unpaired) electrons. The second kappa shape index (κ2) is 7.01. The summed E-state index contributed by atoms with van der Waals surface area (Å²) in [5, 5.41) is 10.7. The molecule has 0 aromatic heterocycles. The molecule has 0 amide bonds. The number of halogens is 1. The lowest BCUT2D eigenvalue weighted by Gasteiger charge is -2.26. The number of methoxy groups -OCH3 is 1. The van der Waals surface area contributed by atoms with Crippen molar-refractivity contribution in [2.75, 3.05) is 14.2 Å². The van der Waals surface area contributed by atoms with Gasteiger partial charge in [-0.1, -0.05) is 25.4 Å². The van der Waals surface area contributed by atoms with Crippen LogP contribution in [0.15, 0.2) is 12.1 Å². The van der Waals surface area contributed by atoms with Crippen LogP contribution in [0.25, 0.3) is 0 Å². The van der Waals surface area contributed by atoms with Gasteiger partial charge in [0.15, 0.2) is 11.5 Å². The fraction of sp³-hybridized carbons (Fsp3) is 0.600. The number of aromatic hydroxyl groups is 1. The van der Waals surface area contributed by atoms with Crippen molar-refractivity contribution in [1.82, 2.24) is 4.90 Å². The molecule has 0 heterocycles. The Morgan fingerprint density at radius 1 is 1.32 bits per heavy atom. The number of hydrogen-bond donors (Lipinski definition) is 1. The Labute approximate surface area is 121 Å². The highest BCUT2D eigenvalue weighted by Crippen LogP contribution is 2.34. The van der Waals surface area contributed by atoms with E-state index in [1.807, 2.05) is 0 Å². The average molecular weight is 286 g/mol. The standard InChI is InChI=1S/C15H24ClNO2/c1-10(2)6-11(3)17(4)9-12-7-13(16)8-14(19-5)15(12)18/h7-8,10-11,18H,6,9H2,1-5H3. The van der Waals surface area contributed by atoms with Crippen LogP contribution in [0.1, 0.15) is 32.8 Å². The van der Waals surface area contributed by atoms with E-state index in [0.29, 0.717) is 29.3 Å². The summed E-state index contributed by atoms with van der Waals surface area (Å²) in [6, 6.07) is 3.86. The van der Waals surface area contributed by atoms with Gasteiger partial charge in [0.25, 0.3) is 0 Å². The molecular weight excluding hydrogens is 262 g/mol. The number of hydrogen-bond acceptors (Lipinski definition) is 3. The Kier molecular flexibility index (Phi) is 5.95. The molecule has 0 aliphatic rings. The maximum atomic E-state index is 10.1. The first kappa shape index (κ1) is 16.1. The van der Waals surface area contributed by atoms with E-state index in [-0.39, 0.29) is 5.75 Å². The van der Waals surface area contributed by atoms with E-state index < -0.39 is 0 Å². The number of ether oxygens (including phenoxy) is 1. The molecule has 1 atom stereocenters. The third-order valence-corrected chi connectivity index (χ3v) is 3.54. The molecule has 0 saturated carbocycles. The molecular formula is C15H24ClNO2. The largest absolute Gasteiger partial charge is 0.504 e. The molecule has 0 bridgehead atoms. The molecule has 0 fully saturated rings. The lowest BCUT2D eigenvalue weighted by Crippen LogP contribution is -2.29. The van der Waals surface area contributed by atoms with Crippen LogP contribution in [-0.2, 0) is 6.54 Å². The van der Waals surface area contributed by atoms with Crippen LogP contribution in [0.5, 0.6) is 11.5 Å². The van der Waals surface area contributed by atoms with E-state index in [9.17, 15) is 5.11 Å². The van der Waals surface area contributed by atoms with Crippen LogP contribution >= 0.6 is 11.6 Å². The van der Waals surface area contributed by atoms with Crippen LogP contribution in [-0.4, -0.2) is 30.2 Å². The zero-order valence-corrected chi connectivity index (χ0v) is 13.2. The highest BCUT2D eigenvalue weighted by atomic mass is 35.5. The van der Waals surface area contributed by atoms with Crippen molar-refractivity contribution in [2.45, 2.75) is 39.8 Å². The van der Waals surface area contributed by atoms with Crippen molar-refractivity contribution in [3.8, 4) is 11.5 Å². The minimum atomic E-state index is 0.176. The first-order valence-electron chi connectivity index (χ1n) is 6.60. The van der Waals surface area contributed by atoms with Gasteiger partial charge in [-0.3, -0.25) is 4.90 Å². The maximum Gasteiger partial charge on any atom is 0.162 e. The molecule has 1 aromatic carbocycles. The van der Waals surface area contributed by atoms with Crippen molar-refractivity contribution in [3.63, 3.8) is 0 Å². The van der Waals surface area contributed by atoms with Gasteiger partial charge in [0.2, 0.25) is 0 Å². The van der Waals surface area contributed by atoms with E-state index in [4.69, 9.17) is 16.3 Å². The van der Waals surface area contributed by atoms with Gasteiger partial charge in [-0.15, -0.1) is 0 Å². The van der Waals surface area contributed by atoms with Crippen LogP contribution in [0.3, 0.4) is 0 Å². The SMILES string of the molecule is COc1cc(Cl)cc(CN(C)C(C)CC(C)C)c1O. The molecule has 4 heteroatoms. The van der Waals surface area contributed by atoms with Gasteiger partial charge in [-0.25, -0.2) is 0 Å². The van der Waals surface area contributed by atoms with Crippen LogP contribution in [0, 0.1) is 5.92 Å². The van der Waals surface area contributed by atoms with Gasteiger partial charge in [-0.05, 0) is 32.4 Å². The Morgan fingerprint density at radius 3 is 2.47 bits per heavy atom. The summed E-state index contributed by atoms with van der Waals surface area (Å²) in [5.41, 5.74) is 0.794. The Bertz CT molecular complexity index is 421. The summed E-state index contributed by atoms with van der Waals surface area (Å²) < 4.78 is 5.12. The first-order valence-corrected chi connectivity index (χ1v) is 6.98. The second-order valence-electron chi connectivity index (χ2n) is 5.51. The van der Waals surface area contributed by atoms with E-state index in [0.717, 1.165) is 12.0 Å². The summed E-state index contributed by atoms with van der Waals surface area (Å²) in [5.74, 6) is 1.25. The molecule has 1 aromatic rings. The maximum absolute atomic E-state index is 10.1. The molecule has 0 aliphatic carbocycles. The fourth-order valence-corrected chi connectivity index (χ4v) is 2.42. The molecule has 108 valence electrons. The quantitative estimate of drug-likeness (QED) is 0.860. The van der Waals surface area contributed by atoms with Crippen LogP contribution in [0.2, 0.25) is 5.02 Å². The summed E-state index contributed by atoms with van der Waals surface area (Å²) in [6.45, 7) is 7.27. The Morgan fingerprint density at radius 2 is 1.95 bits per heavy atom. The molecule has 19 heavy (non-hydrogen) atoms. The van der Waals surface area contributed by atoms with Crippen molar-refractivity contribution in [2.24, 2.45) is 5.92 Å². The molecule has 1 N–H and O–H groups in total. The number of phenols is 1. The summed E-state index contributed by atoms with van der Waals surface area (Å²) in [4.78, 5) is 2.21. The third-order valence-electron chi connectivity index (χ3n) is 3.32. The van der Waals surface area contributed by atoms with Crippen LogP contribution < -0.4 is 4.74 Å². The zero-order chi connectivity index (χ0) is 14.6. The van der Waals surface area contributed by atoms with Crippen LogP contribution in [0.4, 0.5) is 0 Å². The van der Waals surface area contributed by atoms with Crippen molar-refractivity contribution < 1.29 is 9.84 Å². The zero-order valence-electron chi connectivity index (χ0n) is 12.4. The smallest absolute Gasteiger partial charge is 0.162 e. The lowest BCUT2D eigenvalue weighted by atomic mass is 10.0. The molecule has 1 unspecified atom stereocenters. The van der Waals surface area contributed by atoms with Crippen molar-refractivity contribution in [1.29, 1.82) is 0 Å². The monoisotopic (exact) mass is 285 g/mol. The predicted molar refractivity (Wildman–Crippen MR) is 80.1 cm³/mol. The Hall–Kier alpha value is -0.930. The van der Waals surface area contributed by atoms with E-state index >= 15 is 0 Å². The van der Waals surface area contributed by atoms with Crippen molar-refractivity contribution >= 4 is 11.6 Å². The van der Waals surface area contributed by atoms with E-state index in [1.54, 1.807) is 12.1 Å². The summed E-state index contributed by atoms with van der Waals surface area (Å²) >= 11 is 6.04. The van der Waals surface area contributed by atoms with Gasteiger partial charge in [-0.2, -0.15) is 0 Å². The van der Waals surface area contributed by atoms with Gasteiger partial charge in [0.05, 0.1) is 7.11 Å². The second-order valence-corrected chi connectivity index (χ2v) is 5.95. The topological polar surface area (TPSA) is 32.7 Å². The van der Waals surface area contributed by atoms with Crippen molar-refractivity contribution in [3.05, 3.63) is 22.7 Å². The molecule has 0 saturated heterocycles. The normalized spacial score (nSPS) is 13.1. The first-order chi connectivity index (χ1) is 8.85. The van der Waals surface area contributed by atoms with E-state index in [1.165, 1.54) is 7.11 Å². The number of phenolic OH excluding ortho intramolecular Hbond substituents is 1. The molecule has 3 nitrogen and oxygen atoms in total. The van der Waals surface area contributed by atoms with Gasteiger partial charge in [0, 0.05) is 29.2 Å². The highest BCUT2D eigenvalue weighted by Gasteiger charge is 2.16. The number of nitrogens with zero attached hydrogens (tertiary/aromatic N) is 1. The molecule has 1 rings (SSSR count). The number of rotatable bonds is 6. The van der Waals surface area contributed by atoms with Gasteiger partial charge >= 0.3 is 0 Å². The summed E-state index contributed by atoms with van der Waals surface area (Å²) in [7, 11) is 3.58. The van der Waals surface area contributed by atoms with Gasteiger partial charge < -0.3 is 9.84 Å². The number of benzene rings is 1. The fourth-order valence-electron chi connectivity index (χ4n) is 2.19. The predicted octanol–water partition coefficient (Wildman–Crippen LogP) is 3.92. The molecule has 0 spiro atoms. The third kappa shape index (κ3) is 4.59. The minimum Gasteiger partial charge on any atom is -0.504 e. The lowest BCUT2D eigenvalue weighted by molar-refractivity contribution is 0.217. The Balaban J connectivity index is 2.84. The highest BCUT2D eigenvalue weighted by molar-refractivity contribution is 6.30. The molecule has 0 aliphatic heterocycles. The average Bonchev–Trinajstić information content (AvgIpc) is 2.32. The minimum absolute atomic E-state index is 0.176.